The van der Waals surface area contributed by atoms with Gasteiger partial charge in [0.1, 0.15) is 7.85 Å². The van der Waals surface area contributed by atoms with Gasteiger partial charge in [-0.2, -0.15) is 0 Å². The average Bonchev–Trinajstić information content (AvgIpc) is 1.98. The molecule has 1 saturated carbocycles. The number of hydrogen-bond acceptors (Lipinski definition) is 2. The molecule has 8 heavy (non-hydrogen) atoms. The molecule has 1 aliphatic rings. The van der Waals surface area contributed by atoms with Crippen LogP contribution in [-0.4, -0.2) is 19.4 Å². The monoisotopic (exact) mass is 110 g/mol. The maximum atomic E-state index is 10.6. The van der Waals surface area contributed by atoms with E-state index in [1.807, 2.05) is 0 Å². The molecule has 1 aliphatic carbocycles. The average molecular weight is 110 g/mol. The smallest absolute Gasteiger partial charge is 0.197 e. The van der Waals surface area contributed by atoms with Gasteiger partial charge in [-0.05, 0) is 12.2 Å². The number of carbonyl (C=O) groups excluding carboxylic acids is 2. The third-order valence-electron chi connectivity index (χ3n) is 1.53. The quantitative estimate of drug-likeness (QED) is 0.306. The van der Waals surface area contributed by atoms with Crippen molar-refractivity contribution in [3.8, 4) is 0 Å². The van der Waals surface area contributed by atoms with E-state index < -0.39 is 0 Å². The third-order valence-corrected chi connectivity index (χ3v) is 1.53. The second-order valence-corrected chi connectivity index (χ2v) is 2.23. The molecule has 0 saturated heterocycles. The van der Waals surface area contributed by atoms with Gasteiger partial charge >= 0.3 is 0 Å². The van der Waals surface area contributed by atoms with Crippen molar-refractivity contribution < 1.29 is 9.59 Å². The first-order valence-corrected chi connectivity index (χ1v) is 2.79. The summed E-state index contributed by atoms with van der Waals surface area (Å²) in [5, 5.41) is 0. The van der Waals surface area contributed by atoms with Gasteiger partial charge in [0.2, 0.25) is 0 Å². The van der Waals surface area contributed by atoms with E-state index in [2.05, 4.69) is 0 Å². The molecule has 1 fully saturated rings. The molecular formula is C5H7BO2. The molecule has 0 aromatic heterocycles. The highest BCUT2D eigenvalue weighted by molar-refractivity contribution is 6.49. The Morgan fingerprint density at radius 1 is 1.50 bits per heavy atom. The van der Waals surface area contributed by atoms with Gasteiger partial charge in [-0.1, -0.05) is 0 Å². The maximum absolute atomic E-state index is 10.6. The molecule has 0 aromatic carbocycles. The fraction of sp³-hybridized carbons (Fsp3) is 0.600. The molecule has 1 atom stereocenters. The number of rotatable bonds is 0. The molecule has 0 bridgehead atoms. The highest BCUT2D eigenvalue weighted by Crippen LogP contribution is 2.19. The van der Waals surface area contributed by atoms with Crippen LogP contribution < -0.4 is 0 Å². The van der Waals surface area contributed by atoms with Gasteiger partial charge in [-0.15, -0.1) is 0 Å². The second-order valence-electron chi connectivity index (χ2n) is 2.23. The number of hydrogen-bond donors (Lipinski definition) is 0. The zero-order valence-corrected chi connectivity index (χ0v) is 4.81. The Bertz CT molecular complexity index is 141. The van der Waals surface area contributed by atoms with Crippen molar-refractivity contribution in [3.63, 3.8) is 0 Å². The Kier molecular flexibility index (Phi) is 1.20. The standard InChI is InChI=1S/C5H7BO2/c6-3-1-2-4(7)5(3)8/h3H,1-2,6H2. The van der Waals surface area contributed by atoms with Crippen molar-refractivity contribution in [1.82, 2.24) is 0 Å². The van der Waals surface area contributed by atoms with Crippen LogP contribution in [0, 0.1) is 0 Å². The highest BCUT2D eigenvalue weighted by Gasteiger charge is 2.27. The fourth-order valence-corrected chi connectivity index (χ4v) is 0.877. The third kappa shape index (κ3) is 0.682. The van der Waals surface area contributed by atoms with Crippen molar-refractivity contribution in [2.45, 2.75) is 18.7 Å². The Morgan fingerprint density at radius 2 is 2.12 bits per heavy atom. The van der Waals surface area contributed by atoms with Crippen molar-refractivity contribution in [1.29, 1.82) is 0 Å². The van der Waals surface area contributed by atoms with Crippen LogP contribution in [0.1, 0.15) is 12.8 Å². The van der Waals surface area contributed by atoms with Crippen LogP contribution in [-0.2, 0) is 9.59 Å². The van der Waals surface area contributed by atoms with E-state index in [9.17, 15) is 9.59 Å². The molecule has 0 aliphatic heterocycles. The van der Waals surface area contributed by atoms with Crippen LogP contribution >= 0.6 is 0 Å². The summed E-state index contributed by atoms with van der Waals surface area (Å²) in [4.78, 5) is 21.0. The Hall–Kier alpha value is -0.595. The van der Waals surface area contributed by atoms with Gasteiger partial charge in [-0.25, -0.2) is 0 Å². The minimum atomic E-state index is -0.183. The predicted molar refractivity (Wildman–Crippen MR) is 31.5 cm³/mol. The molecule has 2 nitrogen and oxygen atoms in total. The predicted octanol–water partition coefficient (Wildman–Crippen LogP) is -0.660. The van der Waals surface area contributed by atoms with Crippen molar-refractivity contribution in [2.24, 2.45) is 0 Å². The lowest BCUT2D eigenvalue weighted by atomic mass is 9.85. The largest absolute Gasteiger partial charge is 0.291 e. The first kappa shape index (κ1) is 5.54. The van der Waals surface area contributed by atoms with E-state index in [-0.39, 0.29) is 17.4 Å². The lowest BCUT2D eigenvalue weighted by Gasteiger charge is -1.89. The van der Waals surface area contributed by atoms with Crippen LogP contribution in [0.5, 0.6) is 0 Å². The van der Waals surface area contributed by atoms with Gasteiger partial charge < -0.3 is 0 Å². The van der Waals surface area contributed by atoms with Crippen LogP contribution in [0.25, 0.3) is 0 Å². The Morgan fingerprint density at radius 3 is 2.25 bits per heavy atom. The maximum Gasteiger partial charge on any atom is 0.197 e. The first-order valence-electron chi connectivity index (χ1n) is 2.79. The van der Waals surface area contributed by atoms with E-state index in [4.69, 9.17) is 0 Å². The zero-order valence-electron chi connectivity index (χ0n) is 4.81. The number of Topliss-reactive ketones (excluding diaryl/α,β-unsaturated/α-hetero) is 2. The molecule has 0 spiro atoms. The van der Waals surface area contributed by atoms with Crippen LogP contribution in [0.15, 0.2) is 0 Å². The summed E-state index contributed by atoms with van der Waals surface area (Å²) in [7, 11) is 1.80. The minimum Gasteiger partial charge on any atom is -0.291 e. The van der Waals surface area contributed by atoms with E-state index in [0.29, 0.717) is 6.42 Å². The molecular weight excluding hydrogens is 103 g/mol. The molecule has 0 heterocycles. The lowest BCUT2D eigenvalue weighted by molar-refractivity contribution is -0.133. The molecule has 1 unspecified atom stereocenters. The summed E-state index contributed by atoms with van der Waals surface area (Å²) in [6.07, 6.45) is 1.23. The zero-order chi connectivity index (χ0) is 6.15. The van der Waals surface area contributed by atoms with Crippen molar-refractivity contribution in [3.05, 3.63) is 0 Å². The fourth-order valence-electron chi connectivity index (χ4n) is 0.877. The molecule has 42 valence electrons. The van der Waals surface area contributed by atoms with Gasteiger partial charge in [0, 0.05) is 6.42 Å². The SMILES string of the molecule is BC1CCC(=O)C1=O. The molecule has 0 aromatic rings. The van der Waals surface area contributed by atoms with E-state index in [0.717, 1.165) is 6.42 Å². The van der Waals surface area contributed by atoms with Gasteiger partial charge in [-0.3, -0.25) is 9.59 Å². The van der Waals surface area contributed by atoms with Crippen LogP contribution in [0.2, 0.25) is 5.82 Å². The van der Waals surface area contributed by atoms with E-state index in [1.54, 1.807) is 7.85 Å². The van der Waals surface area contributed by atoms with Crippen LogP contribution in [0.4, 0.5) is 0 Å². The topological polar surface area (TPSA) is 34.1 Å². The Balaban J connectivity index is 2.71. The van der Waals surface area contributed by atoms with Gasteiger partial charge in [0.05, 0.1) is 0 Å². The number of ketones is 2. The van der Waals surface area contributed by atoms with Crippen molar-refractivity contribution in [2.75, 3.05) is 0 Å². The molecule has 3 heteroatoms. The molecule has 0 N–H and O–H groups in total. The van der Waals surface area contributed by atoms with Crippen LogP contribution in [0.3, 0.4) is 0 Å². The molecule has 1 rings (SSSR count). The summed E-state index contributed by atoms with van der Waals surface area (Å²) >= 11 is 0. The molecule has 0 radical (unpaired) electrons. The van der Waals surface area contributed by atoms with E-state index >= 15 is 0 Å². The highest BCUT2D eigenvalue weighted by atomic mass is 16.2. The van der Waals surface area contributed by atoms with Gasteiger partial charge in [0.15, 0.2) is 11.6 Å². The minimum absolute atomic E-state index is 0.00231. The van der Waals surface area contributed by atoms with E-state index in [1.165, 1.54) is 0 Å². The van der Waals surface area contributed by atoms with Gasteiger partial charge in [0.25, 0.3) is 0 Å². The second kappa shape index (κ2) is 1.73. The normalized spacial score (nSPS) is 29.2. The summed E-state index contributed by atoms with van der Waals surface area (Å²) in [6.45, 7) is 0. The summed E-state index contributed by atoms with van der Waals surface area (Å²) < 4.78 is 0. The molecule has 0 amide bonds. The first-order chi connectivity index (χ1) is 3.72. The lowest BCUT2D eigenvalue weighted by Crippen LogP contribution is -2.07. The Labute approximate surface area is 48.7 Å². The summed E-state index contributed by atoms with van der Waals surface area (Å²) in [5.41, 5.74) is 0. The number of carbonyl (C=O) groups is 2. The summed E-state index contributed by atoms with van der Waals surface area (Å²) in [6, 6.07) is 0. The van der Waals surface area contributed by atoms with Crippen molar-refractivity contribution >= 4 is 19.4 Å². The summed E-state index contributed by atoms with van der Waals surface area (Å²) in [5.74, 6) is -0.356.